The molecule has 0 N–H and O–H groups in total. The smallest absolute Gasteiger partial charge is 0.160 e. The Morgan fingerprint density at radius 1 is 0.262 bits per heavy atom. The van der Waals surface area contributed by atoms with Crippen molar-refractivity contribution in [2.24, 2.45) is 0 Å². The fourth-order valence-electron chi connectivity index (χ4n) is 9.04. The minimum absolute atomic E-state index is 0.673. The standard InChI is InChI=1S/C58H36N2O/c1-2-12-37(13-3-1)41-16-10-18-45(32-41)53-36-54(46-19-11-17-42(33-46)43-29-30-50-49-22-8-9-23-55(49)61-56(50)35-43)60-58(59-53)40-26-24-39(25-27-40)57-48-21-7-5-15-44(48)34-52-47-20-6-4-14-38(47)28-31-51(52)57/h1-36H. The first kappa shape index (κ1) is 34.9. The van der Waals surface area contributed by atoms with Gasteiger partial charge in [0.2, 0.25) is 0 Å². The lowest BCUT2D eigenvalue weighted by Crippen LogP contribution is -1.96. The lowest BCUT2D eigenvalue weighted by molar-refractivity contribution is 0.669. The first-order valence-corrected chi connectivity index (χ1v) is 20.7. The highest BCUT2D eigenvalue weighted by atomic mass is 16.3. The van der Waals surface area contributed by atoms with Crippen molar-refractivity contribution in [2.75, 3.05) is 0 Å². The van der Waals surface area contributed by atoms with Crippen molar-refractivity contribution in [3.8, 4) is 67.3 Å². The number of aromatic nitrogens is 2. The van der Waals surface area contributed by atoms with Crippen LogP contribution in [0.2, 0.25) is 0 Å². The average molecular weight is 777 g/mol. The Hall–Kier alpha value is -8.14. The molecule has 0 amide bonds. The quantitative estimate of drug-likeness (QED) is 0.125. The van der Waals surface area contributed by atoms with Gasteiger partial charge in [-0.2, -0.15) is 0 Å². The van der Waals surface area contributed by atoms with Crippen molar-refractivity contribution in [1.29, 1.82) is 0 Å². The van der Waals surface area contributed by atoms with Gasteiger partial charge in [0.1, 0.15) is 11.2 Å². The minimum Gasteiger partial charge on any atom is -0.456 e. The van der Waals surface area contributed by atoms with E-state index in [9.17, 15) is 0 Å². The molecule has 0 unspecified atom stereocenters. The van der Waals surface area contributed by atoms with E-state index in [-0.39, 0.29) is 0 Å². The Kier molecular flexibility index (Phi) is 8.17. The predicted molar refractivity (Wildman–Crippen MR) is 254 cm³/mol. The van der Waals surface area contributed by atoms with Gasteiger partial charge in [-0.15, -0.1) is 0 Å². The number of hydrogen-bond acceptors (Lipinski definition) is 3. The van der Waals surface area contributed by atoms with Gasteiger partial charge in [0.15, 0.2) is 5.82 Å². The molecule has 284 valence electrons. The van der Waals surface area contributed by atoms with E-state index in [0.29, 0.717) is 5.82 Å². The molecule has 12 rings (SSSR count). The normalized spacial score (nSPS) is 11.6. The molecule has 0 fully saturated rings. The fraction of sp³-hybridized carbons (Fsp3) is 0. The topological polar surface area (TPSA) is 38.9 Å². The molecule has 3 heteroatoms. The molecule has 3 nitrogen and oxygen atoms in total. The first-order valence-electron chi connectivity index (χ1n) is 20.7. The average Bonchev–Trinajstić information content (AvgIpc) is 3.71. The van der Waals surface area contributed by atoms with Crippen LogP contribution in [0.3, 0.4) is 0 Å². The monoisotopic (exact) mass is 776 g/mol. The zero-order chi connectivity index (χ0) is 40.3. The molecule has 10 aromatic carbocycles. The van der Waals surface area contributed by atoms with Crippen LogP contribution in [0.5, 0.6) is 0 Å². The highest BCUT2D eigenvalue weighted by Gasteiger charge is 2.16. The number of rotatable bonds is 6. The Balaban J connectivity index is 0.992. The molecule has 61 heavy (non-hydrogen) atoms. The van der Waals surface area contributed by atoms with Gasteiger partial charge in [0.25, 0.3) is 0 Å². The van der Waals surface area contributed by atoms with Crippen molar-refractivity contribution >= 4 is 54.3 Å². The van der Waals surface area contributed by atoms with Crippen LogP contribution in [0, 0.1) is 0 Å². The Morgan fingerprint density at radius 3 is 1.57 bits per heavy atom. The summed E-state index contributed by atoms with van der Waals surface area (Å²) < 4.78 is 6.28. The van der Waals surface area contributed by atoms with Gasteiger partial charge in [0, 0.05) is 27.5 Å². The van der Waals surface area contributed by atoms with Gasteiger partial charge in [-0.25, -0.2) is 9.97 Å². The molecule has 2 heterocycles. The van der Waals surface area contributed by atoms with E-state index in [4.69, 9.17) is 14.4 Å². The van der Waals surface area contributed by atoms with Gasteiger partial charge in [-0.3, -0.25) is 0 Å². The van der Waals surface area contributed by atoms with Crippen LogP contribution in [0.15, 0.2) is 223 Å². The summed E-state index contributed by atoms with van der Waals surface area (Å²) in [5, 5.41) is 9.70. The van der Waals surface area contributed by atoms with E-state index >= 15 is 0 Å². The third kappa shape index (κ3) is 6.14. The van der Waals surface area contributed by atoms with Crippen LogP contribution in [0.25, 0.3) is 122 Å². The maximum Gasteiger partial charge on any atom is 0.160 e. The van der Waals surface area contributed by atoms with Crippen LogP contribution in [-0.4, -0.2) is 9.97 Å². The van der Waals surface area contributed by atoms with Crippen LogP contribution in [0.1, 0.15) is 0 Å². The third-order valence-corrected chi connectivity index (χ3v) is 12.1. The van der Waals surface area contributed by atoms with Crippen LogP contribution < -0.4 is 0 Å². The number of para-hydroxylation sites is 1. The van der Waals surface area contributed by atoms with E-state index in [1.54, 1.807) is 0 Å². The van der Waals surface area contributed by atoms with E-state index in [0.717, 1.165) is 77.8 Å². The summed E-state index contributed by atoms with van der Waals surface area (Å²) in [4.78, 5) is 10.6. The van der Waals surface area contributed by atoms with Crippen LogP contribution >= 0.6 is 0 Å². The summed E-state index contributed by atoms with van der Waals surface area (Å²) in [6.45, 7) is 0. The number of furan rings is 1. The number of hydrogen-bond donors (Lipinski definition) is 0. The van der Waals surface area contributed by atoms with E-state index < -0.39 is 0 Å². The second-order valence-electron chi connectivity index (χ2n) is 15.7. The van der Waals surface area contributed by atoms with Crippen molar-refractivity contribution in [3.63, 3.8) is 0 Å². The summed E-state index contributed by atoms with van der Waals surface area (Å²) in [7, 11) is 0. The number of fused-ring (bicyclic) bond motifs is 7. The highest BCUT2D eigenvalue weighted by Crippen LogP contribution is 2.41. The summed E-state index contributed by atoms with van der Waals surface area (Å²) in [6, 6.07) is 77.6. The predicted octanol–water partition coefficient (Wildman–Crippen LogP) is 15.8. The maximum absolute atomic E-state index is 6.28. The van der Waals surface area contributed by atoms with Gasteiger partial charge in [0.05, 0.1) is 11.4 Å². The fourth-order valence-corrected chi connectivity index (χ4v) is 9.04. The zero-order valence-corrected chi connectivity index (χ0v) is 33.1. The second kappa shape index (κ2) is 14.3. The SMILES string of the molecule is c1ccc(-c2cccc(-c3cc(-c4cccc(-c5ccc6c(c5)oc5ccccc56)c4)nc(-c4ccc(-c5c6ccccc6cc6c5ccc5ccccc56)cc4)n3)c2)cc1. The molecule has 0 aliphatic rings. The lowest BCUT2D eigenvalue weighted by atomic mass is 9.89. The lowest BCUT2D eigenvalue weighted by Gasteiger charge is -2.15. The Bertz CT molecular complexity index is 3640. The molecule has 0 atom stereocenters. The van der Waals surface area contributed by atoms with Crippen molar-refractivity contribution in [3.05, 3.63) is 218 Å². The summed E-state index contributed by atoms with van der Waals surface area (Å²) in [6.07, 6.45) is 0. The van der Waals surface area contributed by atoms with Gasteiger partial charge < -0.3 is 4.42 Å². The maximum atomic E-state index is 6.28. The number of nitrogens with zero attached hydrogens (tertiary/aromatic N) is 2. The molecule has 0 spiro atoms. The molecule has 0 aliphatic carbocycles. The molecule has 2 aromatic heterocycles. The molecule has 0 saturated heterocycles. The molecular weight excluding hydrogens is 741 g/mol. The van der Waals surface area contributed by atoms with Crippen molar-refractivity contribution < 1.29 is 4.42 Å². The number of benzene rings is 10. The summed E-state index contributed by atoms with van der Waals surface area (Å²) >= 11 is 0. The third-order valence-electron chi connectivity index (χ3n) is 12.1. The minimum atomic E-state index is 0.673. The Morgan fingerprint density at radius 2 is 0.803 bits per heavy atom. The van der Waals surface area contributed by atoms with E-state index in [2.05, 4.69) is 206 Å². The van der Waals surface area contributed by atoms with Crippen LogP contribution in [0.4, 0.5) is 0 Å². The first-order chi connectivity index (χ1) is 30.2. The molecular formula is C58H36N2O. The van der Waals surface area contributed by atoms with Crippen LogP contribution in [-0.2, 0) is 0 Å². The molecule has 0 aliphatic heterocycles. The molecule has 0 bridgehead atoms. The summed E-state index contributed by atoms with van der Waals surface area (Å²) in [5.41, 5.74) is 13.4. The molecule has 0 saturated carbocycles. The Labute approximate surface area is 352 Å². The van der Waals surface area contributed by atoms with Crippen molar-refractivity contribution in [1.82, 2.24) is 9.97 Å². The molecule has 12 aromatic rings. The molecule has 0 radical (unpaired) electrons. The second-order valence-corrected chi connectivity index (χ2v) is 15.7. The van der Waals surface area contributed by atoms with Crippen molar-refractivity contribution in [2.45, 2.75) is 0 Å². The summed E-state index contributed by atoms with van der Waals surface area (Å²) in [5.74, 6) is 0.673. The largest absolute Gasteiger partial charge is 0.456 e. The van der Waals surface area contributed by atoms with E-state index in [1.807, 2.05) is 12.1 Å². The van der Waals surface area contributed by atoms with Gasteiger partial charge in [-0.1, -0.05) is 176 Å². The zero-order valence-electron chi connectivity index (χ0n) is 33.1. The van der Waals surface area contributed by atoms with Gasteiger partial charge in [-0.05, 0) is 108 Å². The highest BCUT2D eigenvalue weighted by molar-refractivity contribution is 6.20. The van der Waals surface area contributed by atoms with Gasteiger partial charge >= 0.3 is 0 Å². The van der Waals surface area contributed by atoms with E-state index in [1.165, 1.54) is 37.9 Å².